The number of fused-ring (bicyclic) bond motifs is 1. The number of nitrogens with one attached hydrogen (secondary N) is 1. The van der Waals surface area contributed by atoms with Gasteiger partial charge in [-0.1, -0.05) is 57.2 Å². The van der Waals surface area contributed by atoms with E-state index in [2.05, 4.69) is 26.1 Å². The third kappa shape index (κ3) is 3.66. The van der Waals surface area contributed by atoms with Gasteiger partial charge in [-0.2, -0.15) is 0 Å². The molecule has 0 aliphatic heterocycles. The monoisotopic (exact) mass is 333 g/mol. The van der Waals surface area contributed by atoms with E-state index in [-0.39, 0.29) is 11.3 Å². The highest BCUT2D eigenvalue weighted by atomic mass is 16.5. The number of hydrogen-bond acceptors (Lipinski definition) is 2. The van der Waals surface area contributed by atoms with E-state index in [1.807, 2.05) is 60.7 Å². The molecule has 0 spiro atoms. The molecule has 1 N–H and O–H groups in total. The highest BCUT2D eigenvalue weighted by Crippen LogP contribution is 2.27. The van der Waals surface area contributed by atoms with Gasteiger partial charge in [0.1, 0.15) is 5.75 Å². The summed E-state index contributed by atoms with van der Waals surface area (Å²) in [4.78, 5) is 12.7. The number of hydrogen-bond donors (Lipinski definition) is 1. The molecule has 0 fully saturated rings. The van der Waals surface area contributed by atoms with Gasteiger partial charge in [0.2, 0.25) is 0 Å². The van der Waals surface area contributed by atoms with Crippen molar-refractivity contribution < 1.29 is 9.53 Å². The maximum atomic E-state index is 12.7. The number of rotatable bonds is 3. The normalized spacial score (nSPS) is 11.4. The van der Waals surface area contributed by atoms with E-state index in [0.29, 0.717) is 11.3 Å². The number of carbonyl (C=O) groups is 1. The summed E-state index contributed by atoms with van der Waals surface area (Å²) >= 11 is 0. The summed E-state index contributed by atoms with van der Waals surface area (Å²) in [6.07, 6.45) is 0. The fourth-order valence-electron chi connectivity index (χ4n) is 2.82. The van der Waals surface area contributed by atoms with Crippen LogP contribution in [-0.2, 0) is 5.41 Å². The van der Waals surface area contributed by atoms with E-state index in [1.54, 1.807) is 7.11 Å². The molecular formula is C22H23NO2. The Labute approximate surface area is 148 Å². The minimum atomic E-state index is -0.175. The Morgan fingerprint density at radius 2 is 1.52 bits per heavy atom. The number of carbonyl (C=O) groups excluding carboxylic acids is 1. The number of amides is 1. The average Bonchev–Trinajstić information content (AvgIpc) is 2.60. The van der Waals surface area contributed by atoms with Crippen LogP contribution < -0.4 is 10.1 Å². The van der Waals surface area contributed by atoms with Crippen LogP contribution in [0.3, 0.4) is 0 Å². The summed E-state index contributed by atoms with van der Waals surface area (Å²) in [6.45, 7) is 6.50. The molecule has 3 aromatic rings. The molecule has 0 saturated carbocycles. The Balaban J connectivity index is 1.89. The van der Waals surface area contributed by atoms with Gasteiger partial charge in [0.15, 0.2) is 0 Å². The molecule has 0 heterocycles. The third-order valence-electron chi connectivity index (χ3n) is 4.32. The first kappa shape index (κ1) is 17.0. The molecule has 3 rings (SSSR count). The van der Waals surface area contributed by atoms with Crippen LogP contribution in [0.4, 0.5) is 5.69 Å². The van der Waals surface area contributed by atoms with Gasteiger partial charge >= 0.3 is 0 Å². The molecule has 0 aliphatic carbocycles. The van der Waals surface area contributed by atoms with Crippen molar-refractivity contribution >= 4 is 22.4 Å². The van der Waals surface area contributed by atoms with Crippen molar-refractivity contribution in [3.8, 4) is 5.75 Å². The van der Waals surface area contributed by atoms with E-state index < -0.39 is 0 Å². The molecule has 3 aromatic carbocycles. The smallest absolute Gasteiger partial charge is 0.259 e. The molecule has 0 aliphatic rings. The lowest BCUT2D eigenvalue weighted by atomic mass is 9.87. The topological polar surface area (TPSA) is 38.3 Å². The Hall–Kier alpha value is -2.81. The van der Waals surface area contributed by atoms with Crippen LogP contribution >= 0.6 is 0 Å². The molecule has 0 aromatic heterocycles. The summed E-state index contributed by atoms with van der Waals surface area (Å²) < 4.78 is 5.42. The van der Waals surface area contributed by atoms with Gasteiger partial charge in [0, 0.05) is 5.69 Å². The number of benzene rings is 3. The van der Waals surface area contributed by atoms with Crippen molar-refractivity contribution in [3.05, 3.63) is 71.8 Å². The molecule has 1 amide bonds. The minimum Gasteiger partial charge on any atom is -0.496 e. The van der Waals surface area contributed by atoms with E-state index >= 15 is 0 Å². The second kappa shape index (κ2) is 6.60. The van der Waals surface area contributed by atoms with Crippen LogP contribution in [0.5, 0.6) is 5.75 Å². The Kier molecular flexibility index (Phi) is 4.49. The zero-order chi connectivity index (χ0) is 18.0. The molecule has 0 saturated heterocycles. The van der Waals surface area contributed by atoms with Gasteiger partial charge < -0.3 is 10.1 Å². The Morgan fingerprint density at radius 3 is 2.08 bits per heavy atom. The van der Waals surface area contributed by atoms with Crippen molar-refractivity contribution in [2.24, 2.45) is 0 Å². The van der Waals surface area contributed by atoms with Gasteiger partial charge in [-0.15, -0.1) is 0 Å². The van der Waals surface area contributed by atoms with E-state index in [0.717, 1.165) is 16.5 Å². The van der Waals surface area contributed by atoms with E-state index in [9.17, 15) is 4.79 Å². The maximum Gasteiger partial charge on any atom is 0.259 e. The zero-order valence-corrected chi connectivity index (χ0v) is 15.1. The summed E-state index contributed by atoms with van der Waals surface area (Å²) in [5, 5.41) is 5.01. The van der Waals surface area contributed by atoms with Gasteiger partial charge in [-0.05, 0) is 46.0 Å². The van der Waals surface area contributed by atoms with Gasteiger partial charge in [0.05, 0.1) is 12.7 Å². The van der Waals surface area contributed by atoms with Crippen molar-refractivity contribution in [1.82, 2.24) is 0 Å². The van der Waals surface area contributed by atoms with Crippen molar-refractivity contribution in [1.29, 1.82) is 0 Å². The van der Waals surface area contributed by atoms with Gasteiger partial charge in [-0.25, -0.2) is 0 Å². The summed E-state index contributed by atoms with van der Waals surface area (Å²) in [5.74, 6) is 0.397. The van der Waals surface area contributed by atoms with Crippen molar-refractivity contribution in [2.75, 3.05) is 12.4 Å². The lowest BCUT2D eigenvalue weighted by Crippen LogP contribution is -2.14. The standard InChI is InChI=1S/C22H23NO2/c1-22(2,3)17-9-11-18(12-10-17)23-21(24)19-13-15-7-5-6-8-16(15)14-20(19)25-4/h5-14H,1-4H3,(H,23,24). The molecule has 128 valence electrons. The Morgan fingerprint density at radius 1 is 0.920 bits per heavy atom. The first-order valence-electron chi connectivity index (χ1n) is 8.37. The maximum absolute atomic E-state index is 12.7. The van der Waals surface area contributed by atoms with E-state index in [1.165, 1.54) is 5.56 Å². The Bertz CT molecular complexity index is 905. The molecule has 0 atom stereocenters. The van der Waals surface area contributed by atoms with Gasteiger partial charge in [0.25, 0.3) is 5.91 Å². The van der Waals surface area contributed by atoms with Crippen LogP contribution in [0.25, 0.3) is 10.8 Å². The van der Waals surface area contributed by atoms with Crippen LogP contribution in [0, 0.1) is 0 Å². The SMILES string of the molecule is COc1cc2ccccc2cc1C(=O)Nc1ccc(C(C)(C)C)cc1. The van der Waals surface area contributed by atoms with Gasteiger partial charge in [-0.3, -0.25) is 4.79 Å². The second-order valence-corrected chi connectivity index (χ2v) is 7.18. The van der Waals surface area contributed by atoms with Crippen molar-refractivity contribution in [2.45, 2.75) is 26.2 Å². The zero-order valence-electron chi connectivity index (χ0n) is 15.1. The largest absolute Gasteiger partial charge is 0.496 e. The molecular weight excluding hydrogens is 310 g/mol. The second-order valence-electron chi connectivity index (χ2n) is 7.18. The fourth-order valence-corrected chi connectivity index (χ4v) is 2.82. The molecule has 0 bridgehead atoms. The van der Waals surface area contributed by atoms with Crippen LogP contribution in [0.2, 0.25) is 0 Å². The molecule has 3 heteroatoms. The predicted octanol–water partition coefficient (Wildman–Crippen LogP) is 5.40. The predicted molar refractivity (Wildman–Crippen MR) is 104 cm³/mol. The number of anilines is 1. The molecule has 0 radical (unpaired) electrons. The lowest BCUT2D eigenvalue weighted by Gasteiger charge is -2.19. The average molecular weight is 333 g/mol. The summed E-state index contributed by atoms with van der Waals surface area (Å²) in [7, 11) is 1.58. The van der Waals surface area contributed by atoms with Crippen LogP contribution in [0.1, 0.15) is 36.7 Å². The third-order valence-corrected chi connectivity index (χ3v) is 4.32. The first-order valence-corrected chi connectivity index (χ1v) is 8.37. The van der Waals surface area contributed by atoms with E-state index in [4.69, 9.17) is 4.74 Å². The first-order chi connectivity index (χ1) is 11.9. The molecule has 25 heavy (non-hydrogen) atoms. The van der Waals surface area contributed by atoms with Crippen molar-refractivity contribution in [3.63, 3.8) is 0 Å². The minimum absolute atomic E-state index is 0.0874. The number of ether oxygens (including phenoxy) is 1. The summed E-state index contributed by atoms with van der Waals surface area (Å²) in [6, 6.07) is 19.7. The molecule has 0 unspecified atom stereocenters. The highest BCUT2D eigenvalue weighted by molar-refractivity contribution is 6.08. The lowest BCUT2D eigenvalue weighted by molar-refractivity contribution is 0.102. The highest BCUT2D eigenvalue weighted by Gasteiger charge is 2.16. The summed E-state index contributed by atoms with van der Waals surface area (Å²) in [5.41, 5.74) is 2.62. The quantitative estimate of drug-likeness (QED) is 0.697. The number of methoxy groups -OCH3 is 1. The van der Waals surface area contributed by atoms with Crippen LogP contribution in [-0.4, -0.2) is 13.0 Å². The molecule has 3 nitrogen and oxygen atoms in total. The fraction of sp³-hybridized carbons (Fsp3) is 0.227. The van der Waals surface area contributed by atoms with Crippen LogP contribution in [0.15, 0.2) is 60.7 Å².